The van der Waals surface area contributed by atoms with Gasteiger partial charge in [-0.3, -0.25) is 4.79 Å². The molecule has 6 nitrogen and oxygen atoms in total. The van der Waals surface area contributed by atoms with Crippen LogP contribution in [-0.2, 0) is 4.79 Å². The van der Waals surface area contributed by atoms with Crippen LogP contribution in [0, 0.1) is 0 Å². The quantitative estimate of drug-likeness (QED) is 0.607. The van der Waals surface area contributed by atoms with Crippen LogP contribution in [0.2, 0.25) is 0 Å². The van der Waals surface area contributed by atoms with Crippen molar-refractivity contribution in [3.63, 3.8) is 0 Å². The number of aromatic nitrogens is 3. The maximum absolute atomic E-state index is 12.8. The Morgan fingerprint density at radius 1 is 1.32 bits per heavy atom. The number of fused-ring (bicyclic) bond motifs is 3. The van der Waals surface area contributed by atoms with Gasteiger partial charge in [0.15, 0.2) is 0 Å². The third-order valence-electron chi connectivity index (χ3n) is 4.19. The lowest BCUT2D eigenvalue weighted by molar-refractivity contribution is -0.772. The molecule has 3 rings (SSSR count). The molecule has 0 aliphatic carbocycles. The van der Waals surface area contributed by atoms with Gasteiger partial charge in [0.05, 0.1) is 17.1 Å². The van der Waals surface area contributed by atoms with Gasteiger partial charge in [0.1, 0.15) is 0 Å². The number of para-hydroxylation sites is 1. The topological polar surface area (TPSA) is 73.0 Å². The van der Waals surface area contributed by atoms with Crippen molar-refractivity contribution < 1.29 is 14.6 Å². The largest absolute Gasteiger partial charge is 0.854 e. The summed E-state index contributed by atoms with van der Waals surface area (Å²) in [5, 5.41) is 17.7. The summed E-state index contributed by atoms with van der Waals surface area (Å²) in [6.45, 7) is 5.98. The highest BCUT2D eigenvalue weighted by molar-refractivity contribution is 7.99. The standard InChI is InChI=1S/C18H22N4O2S/c1-4-9-15(23)21-13-11-8-7-10-12(13)16-17(24)19-18(25-6-3)20-22(16)14(21)5-2/h7-8,10-11,14H,4-6,9H2,1-3H3. The maximum Gasteiger partial charge on any atom is 0.266 e. The van der Waals surface area contributed by atoms with E-state index < -0.39 is 0 Å². The Morgan fingerprint density at radius 3 is 2.76 bits per heavy atom. The van der Waals surface area contributed by atoms with Gasteiger partial charge in [0.25, 0.3) is 17.0 Å². The molecule has 0 spiro atoms. The van der Waals surface area contributed by atoms with Crippen molar-refractivity contribution in [2.75, 3.05) is 10.7 Å². The third-order valence-corrected chi connectivity index (χ3v) is 4.91. The molecule has 0 radical (unpaired) electrons. The summed E-state index contributed by atoms with van der Waals surface area (Å²) in [4.78, 5) is 18.7. The number of thioether (sulfide) groups is 1. The fraction of sp³-hybridized carbons (Fsp3) is 0.444. The second kappa shape index (κ2) is 7.39. The van der Waals surface area contributed by atoms with Crippen molar-refractivity contribution in [1.82, 2.24) is 10.1 Å². The Balaban J connectivity index is 2.24. The van der Waals surface area contributed by atoms with Gasteiger partial charge in [-0.25, -0.2) is 9.88 Å². The second-order valence-electron chi connectivity index (χ2n) is 5.85. The van der Waals surface area contributed by atoms with E-state index >= 15 is 0 Å². The predicted molar refractivity (Wildman–Crippen MR) is 95.2 cm³/mol. The highest BCUT2D eigenvalue weighted by atomic mass is 32.2. The number of amides is 1. The van der Waals surface area contributed by atoms with E-state index in [1.165, 1.54) is 11.8 Å². The van der Waals surface area contributed by atoms with E-state index in [9.17, 15) is 9.90 Å². The molecular formula is C18H22N4O2S. The van der Waals surface area contributed by atoms with Crippen LogP contribution in [0.4, 0.5) is 5.69 Å². The Hall–Kier alpha value is -2.15. The summed E-state index contributed by atoms with van der Waals surface area (Å²) in [7, 11) is 0. The van der Waals surface area contributed by atoms with E-state index in [2.05, 4.69) is 10.1 Å². The van der Waals surface area contributed by atoms with E-state index in [-0.39, 0.29) is 18.0 Å². The second-order valence-corrected chi connectivity index (χ2v) is 7.08. The molecule has 1 aliphatic rings. The average Bonchev–Trinajstić information content (AvgIpc) is 2.60. The van der Waals surface area contributed by atoms with Gasteiger partial charge in [-0.15, -0.1) is 0 Å². The number of anilines is 1. The fourth-order valence-corrected chi connectivity index (χ4v) is 3.74. The van der Waals surface area contributed by atoms with Gasteiger partial charge < -0.3 is 5.11 Å². The minimum absolute atomic E-state index is 0.0516. The molecule has 0 saturated carbocycles. The average molecular weight is 358 g/mol. The van der Waals surface area contributed by atoms with Gasteiger partial charge in [0, 0.05) is 17.9 Å². The molecule has 1 atom stereocenters. The van der Waals surface area contributed by atoms with Crippen molar-refractivity contribution >= 4 is 23.4 Å². The number of carbonyl (C=O) groups excluding carboxylic acids is 1. The smallest absolute Gasteiger partial charge is 0.266 e. The van der Waals surface area contributed by atoms with E-state index in [0.29, 0.717) is 23.7 Å². The van der Waals surface area contributed by atoms with Crippen LogP contribution in [0.25, 0.3) is 11.3 Å². The molecule has 1 aromatic carbocycles. The normalized spacial score (nSPS) is 15.6. The summed E-state index contributed by atoms with van der Waals surface area (Å²) in [5.41, 5.74) is 1.95. The first-order chi connectivity index (χ1) is 12.1. The van der Waals surface area contributed by atoms with Crippen molar-refractivity contribution in [2.24, 2.45) is 0 Å². The lowest BCUT2D eigenvalue weighted by Gasteiger charge is -2.33. The number of carbonyl (C=O) groups is 1. The zero-order valence-electron chi connectivity index (χ0n) is 14.7. The van der Waals surface area contributed by atoms with Crippen LogP contribution >= 0.6 is 11.8 Å². The Labute approximate surface area is 151 Å². The first-order valence-electron chi connectivity index (χ1n) is 8.67. The Bertz CT molecular complexity index is 797. The summed E-state index contributed by atoms with van der Waals surface area (Å²) < 4.78 is 1.70. The molecule has 132 valence electrons. The number of hydrogen-bond donors (Lipinski definition) is 0. The number of rotatable bonds is 5. The summed E-state index contributed by atoms with van der Waals surface area (Å²) in [6, 6.07) is 7.51. The predicted octanol–water partition coefficient (Wildman–Crippen LogP) is 2.67. The van der Waals surface area contributed by atoms with E-state index in [1.54, 1.807) is 9.58 Å². The Kier molecular flexibility index (Phi) is 5.22. The summed E-state index contributed by atoms with van der Waals surface area (Å²) in [5.74, 6) is 0.542. The lowest BCUT2D eigenvalue weighted by Crippen LogP contribution is -2.58. The van der Waals surface area contributed by atoms with Crippen LogP contribution in [0.3, 0.4) is 0 Å². The SMILES string of the molecule is CCCC(=O)N1c2ccccc2-c2c([O-])nc(SCC)n[n+]2C1CC. The van der Waals surface area contributed by atoms with E-state index in [0.717, 1.165) is 23.4 Å². The molecule has 2 heterocycles. The molecule has 0 bridgehead atoms. The van der Waals surface area contributed by atoms with Crippen LogP contribution in [0.15, 0.2) is 29.4 Å². The van der Waals surface area contributed by atoms with E-state index in [4.69, 9.17) is 0 Å². The van der Waals surface area contributed by atoms with Crippen molar-refractivity contribution in [1.29, 1.82) is 0 Å². The third kappa shape index (κ3) is 3.08. The molecule has 1 aromatic heterocycles. The number of hydrogen-bond acceptors (Lipinski definition) is 5. The molecule has 7 heteroatoms. The minimum Gasteiger partial charge on any atom is -0.854 e. The minimum atomic E-state index is -0.309. The number of benzene rings is 1. The fourth-order valence-electron chi connectivity index (χ4n) is 3.19. The monoisotopic (exact) mass is 358 g/mol. The number of nitrogens with zero attached hydrogens (tertiary/aromatic N) is 4. The molecule has 1 amide bonds. The lowest BCUT2D eigenvalue weighted by atomic mass is 10.0. The molecule has 0 fully saturated rings. The van der Waals surface area contributed by atoms with Crippen LogP contribution in [-0.4, -0.2) is 21.7 Å². The van der Waals surface area contributed by atoms with Crippen LogP contribution in [0.1, 0.15) is 46.2 Å². The van der Waals surface area contributed by atoms with Crippen LogP contribution in [0.5, 0.6) is 5.88 Å². The van der Waals surface area contributed by atoms with Gasteiger partial charge in [0.2, 0.25) is 5.91 Å². The molecule has 0 N–H and O–H groups in total. The highest BCUT2D eigenvalue weighted by Crippen LogP contribution is 2.39. The van der Waals surface area contributed by atoms with Crippen molar-refractivity contribution in [2.45, 2.75) is 51.4 Å². The molecular weight excluding hydrogens is 336 g/mol. The van der Waals surface area contributed by atoms with Gasteiger partial charge >= 0.3 is 0 Å². The highest BCUT2D eigenvalue weighted by Gasteiger charge is 2.42. The van der Waals surface area contributed by atoms with Gasteiger partial charge in [-0.1, -0.05) is 49.3 Å². The van der Waals surface area contributed by atoms with Crippen molar-refractivity contribution in [3.05, 3.63) is 24.3 Å². The van der Waals surface area contributed by atoms with Crippen molar-refractivity contribution in [3.8, 4) is 17.1 Å². The zero-order chi connectivity index (χ0) is 18.0. The first kappa shape index (κ1) is 17.7. The maximum atomic E-state index is 12.8. The van der Waals surface area contributed by atoms with E-state index in [1.807, 2.05) is 45.0 Å². The molecule has 1 unspecified atom stereocenters. The molecule has 0 saturated heterocycles. The first-order valence-corrected chi connectivity index (χ1v) is 9.66. The van der Waals surface area contributed by atoms with Gasteiger partial charge in [-0.05, 0) is 24.3 Å². The summed E-state index contributed by atoms with van der Waals surface area (Å²) >= 11 is 1.43. The zero-order valence-corrected chi connectivity index (χ0v) is 15.5. The molecule has 1 aliphatic heterocycles. The Morgan fingerprint density at radius 2 is 2.08 bits per heavy atom. The summed E-state index contributed by atoms with van der Waals surface area (Å²) in [6.07, 6.45) is 1.59. The van der Waals surface area contributed by atoms with Crippen LogP contribution < -0.4 is 14.7 Å². The molecule has 2 aromatic rings. The van der Waals surface area contributed by atoms with Gasteiger partial charge in [-0.2, -0.15) is 0 Å². The molecule has 25 heavy (non-hydrogen) atoms.